The van der Waals surface area contributed by atoms with Crippen LogP contribution < -0.4 is 4.59 Å². The minimum atomic E-state index is 0.780. The highest BCUT2D eigenvalue weighted by Gasteiger charge is 2.37. The third-order valence-corrected chi connectivity index (χ3v) is 3.31. The van der Waals surface area contributed by atoms with Crippen LogP contribution in [0, 0.1) is 0 Å². The van der Waals surface area contributed by atoms with Crippen molar-refractivity contribution in [2.24, 2.45) is 0 Å². The normalized spacial score (nSPS) is 27.6. The molecule has 1 aliphatic rings. The maximum Gasteiger partial charge on any atom is 0.181 e. The zero-order valence-corrected chi connectivity index (χ0v) is 9.23. The van der Waals surface area contributed by atoms with E-state index >= 15 is 0 Å². The van der Waals surface area contributed by atoms with Gasteiger partial charge in [-0.15, -0.1) is 0 Å². The maximum absolute atomic E-state index is 4.10. The van der Waals surface area contributed by atoms with Gasteiger partial charge in [-0.05, 0) is 6.92 Å². The molecule has 14 heavy (non-hydrogen) atoms. The summed E-state index contributed by atoms with van der Waals surface area (Å²) in [6.07, 6.45) is 5.70. The van der Waals surface area contributed by atoms with Crippen LogP contribution in [0.1, 0.15) is 13.8 Å². The summed E-state index contributed by atoms with van der Waals surface area (Å²) in [5.41, 5.74) is 2.71. The van der Waals surface area contributed by atoms with Gasteiger partial charge in [0.05, 0.1) is 25.1 Å². The van der Waals surface area contributed by atoms with Crippen molar-refractivity contribution in [3.63, 3.8) is 0 Å². The van der Waals surface area contributed by atoms with E-state index in [1.165, 1.54) is 11.4 Å². The fourth-order valence-electron chi connectivity index (χ4n) is 2.01. The molecular weight excluding hydrogens is 176 g/mol. The van der Waals surface area contributed by atoms with Crippen LogP contribution in [0.25, 0.3) is 0 Å². The van der Waals surface area contributed by atoms with Crippen LogP contribution in [-0.4, -0.2) is 35.3 Å². The van der Waals surface area contributed by atoms with Gasteiger partial charge in [0, 0.05) is 14.0 Å². The molecule has 1 atom stereocenters. The minimum absolute atomic E-state index is 0.780. The second-order valence-corrected chi connectivity index (χ2v) is 4.09. The lowest BCUT2D eigenvalue weighted by molar-refractivity contribution is 0.181. The van der Waals surface area contributed by atoms with Gasteiger partial charge in [-0.25, -0.2) is 4.98 Å². The molecule has 0 amide bonds. The number of imidazole rings is 1. The van der Waals surface area contributed by atoms with Crippen molar-refractivity contribution in [1.29, 1.82) is 0 Å². The Morgan fingerprint density at radius 2 is 2.14 bits per heavy atom. The summed E-state index contributed by atoms with van der Waals surface area (Å²) >= 11 is 0. The van der Waals surface area contributed by atoms with Crippen LogP contribution in [0.2, 0.25) is 0 Å². The van der Waals surface area contributed by atoms with Crippen molar-refractivity contribution < 1.29 is 0 Å². The summed E-state index contributed by atoms with van der Waals surface area (Å²) < 4.78 is 2.91. The van der Waals surface area contributed by atoms with Crippen LogP contribution in [0.15, 0.2) is 30.1 Å². The van der Waals surface area contributed by atoms with E-state index in [0.717, 1.165) is 11.3 Å². The lowest BCUT2D eigenvalue weighted by Gasteiger charge is -2.30. The summed E-state index contributed by atoms with van der Waals surface area (Å²) in [6.45, 7) is 5.31. The Morgan fingerprint density at radius 1 is 1.43 bits per heavy atom. The number of quaternary nitrogens is 1. The van der Waals surface area contributed by atoms with Crippen LogP contribution >= 0.6 is 0 Å². The molecule has 0 aromatic carbocycles. The first kappa shape index (κ1) is 9.27. The Hall–Kier alpha value is -1.29. The number of rotatable bonds is 1. The molecule has 0 saturated heterocycles. The topological polar surface area (TPSA) is 21.1 Å². The second-order valence-electron chi connectivity index (χ2n) is 4.09. The van der Waals surface area contributed by atoms with Gasteiger partial charge in [-0.2, -0.15) is 9.27 Å². The molecule has 2 heterocycles. The van der Waals surface area contributed by atoms with E-state index in [2.05, 4.69) is 42.5 Å². The lowest BCUT2D eigenvalue weighted by atomic mass is 10.4. The van der Waals surface area contributed by atoms with Crippen molar-refractivity contribution in [2.45, 2.75) is 13.8 Å². The summed E-state index contributed by atoms with van der Waals surface area (Å²) in [4.78, 5) is 6.38. The van der Waals surface area contributed by atoms with E-state index in [4.69, 9.17) is 0 Å². The smallest absolute Gasteiger partial charge is 0.181 e. The number of allylic oxidation sites excluding steroid dienone is 2. The van der Waals surface area contributed by atoms with Gasteiger partial charge in [-0.3, -0.25) is 0 Å². The fraction of sp³-hybridized carbons (Fsp3) is 0.500. The summed E-state index contributed by atoms with van der Waals surface area (Å²) in [5, 5.41) is 0. The molecule has 2 rings (SSSR count). The maximum atomic E-state index is 4.10. The van der Waals surface area contributed by atoms with E-state index in [0.29, 0.717) is 0 Å². The molecule has 1 aromatic heterocycles. The first-order chi connectivity index (χ1) is 6.55. The quantitative estimate of drug-likeness (QED) is 0.623. The molecule has 0 aliphatic carbocycles. The van der Waals surface area contributed by atoms with E-state index in [1.807, 2.05) is 18.7 Å². The molecule has 0 fully saturated rings. The zero-order valence-electron chi connectivity index (χ0n) is 9.23. The highest BCUT2D eigenvalue weighted by molar-refractivity contribution is 5.20. The average Bonchev–Trinajstić information content (AvgIpc) is 2.73. The number of hydrogen-bond acceptors (Lipinski definition) is 2. The van der Waals surface area contributed by atoms with Crippen molar-refractivity contribution in [3.05, 3.63) is 30.1 Å². The van der Waals surface area contributed by atoms with Crippen LogP contribution in [0.3, 0.4) is 0 Å². The third-order valence-electron chi connectivity index (χ3n) is 3.31. The van der Waals surface area contributed by atoms with Gasteiger partial charge in [0.15, 0.2) is 12.4 Å². The molecule has 0 saturated carbocycles. The molecule has 0 radical (unpaired) electrons. The largest absolute Gasteiger partial charge is 0.325 e. The second kappa shape index (κ2) is 2.85. The predicted octanol–water partition coefficient (Wildman–Crippen LogP) is 1.11. The Bertz CT molecular complexity index is 365. The lowest BCUT2D eigenvalue weighted by Crippen LogP contribution is -2.52. The molecule has 0 spiro atoms. The van der Waals surface area contributed by atoms with Crippen LogP contribution in [0.4, 0.5) is 0 Å². The Balaban J connectivity index is 2.46. The zero-order chi connectivity index (χ0) is 10.3. The number of hydrogen-bond donors (Lipinski definition) is 0. The molecule has 0 N–H and O–H groups in total. The summed E-state index contributed by atoms with van der Waals surface area (Å²) in [7, 11) is 4.32. The van der Waals surface area contributed by atoms with Crippen LogP contribution in [0.5, 0.6) is 0 Å². The Morgan fingerprint density at radius 3 is 2.57 bits per heavy atom. The molecule has 76 valence electrons. The average molecular weight is 193 g/mol. The van der Waals surface area contributed by atoms with Gasteiger partial charge in [0.1, 0.15) is 6.33 Å². The van der Waals surface area contributed by atoms with Gasteiger partial charge in [-0.1, -0.05) is 0 Å². The minimum Gasteiger partial charge on any atom is -0.325 e. The first-order valence-corrected chi connectivity index (χ1v) is 4.79. The van der Waals surface area contributed by atoms with E-state index < -0.39 is 0 Å². The molecular formula is C10H17N4+. The molecule has 1 aromatic rings. The van der Waals surface area contributed by atoms with Crippen molar-refractivity contribution in [3.8, 4) is 0 Å². The van der Waals surface area contributed by atoms with Crippen molar-refractivity contribution in [1.82, 2.24) is 19.2 Å². The van der Waals surface area contributed by atoms with Crippen molar-refractivity contribution >= 4 is 0 Å². The molecule has 0 bridgehead atoms. The van der Waals surface area contributed by atoms with Gasteiger partial charge >= 0.3 is 0 Å². The van der Waals surface area contributed by atoms with Crippen LogP contribution in [-0.2, 0) is 0 Å². The van der Waals surface area contributed by atoms with Gasteiger partial charge in [0.2, 0.25) is 0 Å². The van der Waals surface area contributed by atoms with Crippen molar-refractivity contribution in [2.75, 3.05) is 20.8 Å². The number of nitrogens with zero attached hydrogens (tertiary/aromatic N) is 4. The predicted molar refractivity (Wildman–Crippen MR) is 56.7 cm³/mol. The molecule has 1 aliphatic heterocycles. The summed E-state index contributed by atoms with van der Waals surface area (Å²) in [6, 6.07) is 0. The van der Waals surface area contributed by atoms with E-state index in [1.54, 1.807) is 0 Å². The van der Waals surface area contributed by atoms with E-state index in [-0.39, 0.29) is 0 Å². The monoisotopic (exact) mass is 193 g/mol. The molecule has 1 unspecified atom stereocenters. The Labute approximate surface area is 84.6 Å². The number of aromatic nitrogens is 2. The molecule has 4 nitrogen and oxygen atoms in total. The Kier molecular flexibility index (Phi) is 1.89. The standard InChI is InChI=1S/C10H17N4/c1-9-10(2)14(4,8-12(9)3)13-6-5-11-7-13/h5-7H,8H2,1-4H3/q+1. The summed E-state index contributed by atoms with van der Waals surface area (Å²) in [5.74, 6) is 0. The SMILES string of the molecule is CC1=C(C)[N+](C)(n2ccnc2)CN1C. The highest BCUT2D eigenvalue weighted by Crippen LogP contribution is 2.25. The van der Waals surface area contributed by atoms with Gasteiger partial charge in [0.25, 0.3) is 0 Å². The molecule has 4 heteroatoms. The first-order valence-electron chi connectivity index (χ1n) is 4.79. The third kappa shape index (κ3) is 1.07. The highest BCUT2D eigenvalue weighted by atomic mass is 15.7. The van der Waals surface area contributed by atoms with E-state index in [9.17, 15) is 0 Å². The fourth-order valence-corrected chi connectivity index (χ4v) is 2.01. The van der Waals surface area contributed by atoms with Gasteiger partial charge < -0.3 is 4.90 Å².